The first-order valence-corrected chi connectivity index (χ1v) is 6.85. The zero-order valence-electron chi connectivity index (χ0n) is 12.2. The molecule has 116 valence electrons. The molecule has 0 radical (unpaired) electrons. The first kappa shape index (κ1) is 15.8. The van der Waals surface area contributed by atoms with E-state index in [0.29, 0.717) is 36.8 Å². The predicted octanol–water partition coefficient (Wildman–Crippen LogP) is 3.03. The summed E-state index contributed by atoms with van der Waals surface area (Å²) in [5.41, 5.74) is 0.616. The molecular weight excluding hydrogens is 287 g/mol. The largest absolute Gasteiger partial charge is 0.494 e. The minimum Gasteiger partial charge on any atom is -0.494 e. The van der Waals surface area contributed by atoms with Crippen molar-refractivity contribution in [2.45, 2.75) is 12.8 Å². The fourth-order valence-electron chi connectivity index (χ4n) is 1.75. The van der Waals surface area contributed by atoms with Crippen molar-refractivity contribution in [3.8, 4) is 11.6 Å². The van der Waals surface area contributed by atoms with Gasteiger partial charge in [0, 0.05) is 12.5 Å². The summed E-state index contributed by atoms with van der Waals surface area (Å²) in [5.74, 6) is 0.654. The Labute approximate surface area is 128 Å². The van der Waals surface area contributed by atoms with Crippen LogP contribution in [0.3, 0.4) is 0 Å². The third kappa shape index (κ3) is 5.05. The number of nitrogens with zero attached hydrogens (tertiary/aromatic N) is 1. The van der Waals surface area contributed by atoms with E-state index in [1.165, 1.54) is 25.4 Å². The summed E-state index contributed by atoms with van der Waals surface area (Å²) >= 11 is 0. The summed E-state index contributed by atoms with van der Waals surface area (Å²) in [6.45, 7) is 0.389. The quantitative estimate of drug-likeness (QED) is 0.799. The van der Waals surface area contributed by atoms with Gasteiger partial charge in [0.1, 0.15) is 11.6 Å². The van der Waals surface area contributed by atoms with Crippen LogP contribution in [0.25, 0.3) is 0 Å². The number of halogens is 1. The molecular formula is C16H17FN2O3. The summed E-state index contributed by atoms with van der Waals surface area (Å²) in [4.78, 5) is 15.7. The van der Waals surface area contributed by atoms with Gasteiger partial charge in [-0.05, 0) is 36.8 Å². The van der Waals surface area contributed by atoms with Crippen LogP contribution in [0.5, 0.6) is 11.6 Å². The van der Waals surface area contributed by atoms with Crippen molar-refractivity contribution in [2.24, 2.45) is 0 Å². The lowest BCUT2D eigenvalue weighted by atomic mass is 10.3. The average Bonchev–Trinajstić information content (AvgIpc) is 2.54. The topological polar surface area (TPSA) is 60.5 Å². The predicted molar refractivity (Wildman–Crippen MR) is 80.5 cm³/mol. The Morgan fingerprint density at radius 2 is 2.00 bits per heavy atom. The van der Waals surface area contributed by atoms with E-state index < -0.39 is 0 Å². The number of amides is 1. The Hall–Kier alpha value is -2.63. The van der Waals surface area contributed by atoms with E-state index in [9.17, 15) is 9.18 Å². The number of anilines is 1. The number of carbonyl (C=O) groups is 1. The van der Waals surface area contributed by atoms with Crippen molar-refractivity contribution < 1.29 is 18.7 Å². The SMILES string of the molecule is COc1ccc(NC(=O)CCCOc2ccc(F)cc2)cn1. The molecule has 2 rings (SSSR count). The van der Waals surface area contributed by atoms with E-state index in [0.717, 1.165) is 0 Å². The summed E-state index contributed by atoms with van der Waals surface area (Å²) in [5, 5.41) is 2.74. The van der Waals surface area contributed by atoms with Crippen molar-refractivity contribution in [1.29, 1.82) is 0 Å². The van der Waals surface area contributed by atoms with Gasteiger partial charge in [0.2, 0.25) is 11.8 Å². The molecule has 0 saturated heterocycles. The molecule has 2 aromatic rings. The summed E-state index contributed by atoms with van der Waals surface area (Å²) in [6, 6.07) is 9.17. The van der Waals surface area contributed by atoms with Crippen LogP contribution in [0.4, 0.5) is 10.1 Å². The number of carbonyl (C=O) groups excluding carboxylic acids is 1. The van der Waals surface area contributed by atoms with Crippen LogP contribution in [0, 0.1) is 5.82 Å². The molecule has 1 aromatic carbocycles. The van der Waals surface area contributed by atoms with Gasteiger partial charge in [-0.1, -0.05) is 0 Å². The molecule has 1 N–H and O–H groups in total. The molecule has 6 heteroatoms. The smallest absolute Gasteiger partial charge is 0.224 e. The minimum atomic E-state index is -0.306. The Balaban J connectivity index is 1.67. The highest BCUT2D eigenvalue weighted by molar-refractivity contribution is 5.90. The lowest BCUT2D eigenvalue weighted by molar-refractivity contribution is -0.116. The number of benzene rings is 1. The highest BCUT2D eigenvalue weighted by atomic mass is 19.1. The first-order chi connectivity index (χ1) is 10.7. The minimum absolute atomic E-state index is 0.116. The number of nitrogens with one attached hydrogen (secondary N) is 1. The van der Waals surface area contributed by atoms with Gasteiger partial charge in [-0.15, -0.1) is 0 Å². The highest BCUT2D eigenvalue weighted by Gasteiger charge is 2.03. The number of ether oxygens (including phenoxy) is 2. The van der Waals surface area contributed by atoms with E-state index in [1.807, 2.05) is 0 Å². The number of hydrogen-bond donors (Lipinski definition) is 1. The van der Waals surface area contributed by atoms with Crippen molar-refractivity contribution in [1.82, 2.24) is 4.98 Å². The van der Waals surface area contributed by atoms with Gasteiger partial charge >= 0.3 is 0 Å². The third-order valence-electron chi connectivity index (χ3n) is 2.86. The van der Waals surface area contributed by atoms with Gasteiger partial charge in [-0.3, -0.25) is 4.79 Å². The number of hydrogen-bond acceptors (Lipinski definition) is 4. The summed E-state index contributed by atoms with van der Waals surface area (Å²) in [7, 11) is 1.53. The summed E-state index contributed by atoms with van der Waals surface area (Å²) in [6.07, 6.45) is 2.42. The normalized spacial score (nSPS) is 10.1. The molecule has 1 heterocycles. The van der Waals surface area contributed by atoms with Crippen LogP contribution >= 0.6 is 0 Å². The molecule has 0 bridgehead atoms. The van der Waals surface area contributed by atoms with Crippen LogP contribution in [-0.2, 0) is 4.79 Å². The van der Waals surface area contributed by atoms with Gasteiger partial charge in [0.05, 0.1) is 25.6 Å². The molecule has 0 atom stereocenters. The fraction of sp³-hybridized carbons (Fsp3) is 0.250. The Morgan fingerprint density at radius 1 is 1.23 bits per heavy atom. The Kier molecular flexibility index (Phi) is 5.71. The van der Waals surface area contributed by atoms with Crippen LogP contribution < -0.4 is 14.8 Å². The second kappa shape index (κ2) is 7.97. The standard InChI is InChI=1S/C16H17FN2O3/c1-21-16-9-6-13(11-18-16)19-15(20)3-2-10-22-14-7-4-12(17)5-8-14/h4-9,11H,2-3,10H2,1H3,(H,19,20). The molecule has 1 amide bonds. The number of aromatic nitrogens is 1. The van der Waals surface area contributed by atoms with Gasteiger partial charge in [0.15, 0.2) is 0 Å². The van der Waals surface area contributed by atoms with Crippen LogP contribution in [0.1, 0.15) is 12.8 Å². The maximum Gasteiger partial charge on any atom is 0.224 e. The number of pyridine rings is 1. The van der Waals surface area contributed by atoms with Gasteiger partial charge < -0.3 is 14.8 Å². The van der Waals surface area contributed by atoms with E-state index >= 15 is 0 Å². The molecule has 0 aliphatic carbocycles. The van der Waals surface area contributed by atoms with Gasteiger partial charge in [0.25, 0.3) is 0 Å². The maximum atomic E-state index is 12.7. The maximum absolute atomic E-state index is 12.7. The molecule has 1 aromatic heterocycles. The van der Waals surface area contributed by atoms with Crippen LogP contribution in [0.2, 0.25) is 0 Å². The van der Waals surface area contributed by atoms with Crippen LogP contribution in [0.15, 0.2) is 42.6 Å². The van der Waals surface area contributed by atoms with E-state index in [4.69, 9.17) is 9.47 Å². The second-order valence-corrected chi connectivity index (χ2v) is 4.54. The van der Waals surface area contributed by atoms with E-state index in [2.05, 4.69) is 10.3 Å². The summed E-state index contributed by atoms with van der Waals surface area (Å²) < 4.78 is 23.1. The Morgan fingerprint density at radius 3 is 2.64 bits per heavy atom. The van der Waals surface area contributed by atoms with Crippen molar-refractivity contribution in [3.05, 3.63) is 48.4 Å². The van der Waals surface area contributed by atoms with Crippen molar-refractivity contribution in [3.63, 3.8) is 0 Å². The first-order valence-electron chi connectivity index (χ1n) is 6.85. The zero-order valence-corrected chi connectivity index (χ0v) is 12.2. The number of rotatable bonds is 7. The molecule has 22 heavy (non-hydrogen) atoms. The van der Waals surface area contributed by atoms with Crippen LogP contribution in [-0.4, -0.2) is 24.6 Å². The molecule has 0 aliphatic rings. The second-order valence-electron chi connectivity index (χ2n) is 4.54. The zero-order chi connectivity index (χ0) is 15.8. The van der Waals surface area contributed by atoms with Gasteiger partial charge in [-0.2, -0.15) is 0 Å². The fourth-order valence-corrected chi connectivity index (χ4v) is 1.75. The molecule has 0 unspecified atom stereocenters. The third-order valence-corrected chi connectivity index (χ3v) is 2.86. The molecule has 0 spiro atoms. The average molecular weight is 304 g/mol. The van der Waals surface area contributed by atoms with E-state index in [-0.39, 0.29) is 11.7 Å². The Bertz CT molecular complexity index is 600. The molecule has 0 aliphatic heterocycles. The molecule has 0 fully saturated rings. The van der Waals surface area contributed by atoms with Crippen molar-refractivity contribution >= 4 is 11.6 Å². The molecule has 0 saturated carbocycles. The van der Waals surface area contributed by atoms with Gasteiger partial charge in [-0.25, -0.2) is 9.37 Å². The molecule has 5 nitrogen and oxygen atoms in total. The lowest BCUT2D eigenvalue weighted by Crippen LogP contribution is -2.13. The lowest BCUT2D eigenvalue weighted by Gasteiger charge is -2.07. The van der Waals surface area contributed by atoms with Crippen molar-refractivity contribution in [2.75, 3.05) is 19.0 Å². The van der Waals surface area contributed by atoms with E-state index in [1.54, 1.807) is 24.3 Å². The highest BCUT2D eigenvalue weighted by Crippen LogP contribution is 2.13. The monoisotopic (exact) mass is 304 g/mol. The number of methoxy groups -OCH3 is 1.